The molecule has 2 aromatic heterocycles. The summed E-state index contributed by atoms with van der Waals surface area (Å²) in [5.74, 6) is -1.33. The van der Waals surface area contributed by atoms with Crippen LogP contribution in [0.5, 0.6) is 0 Å². The molecule has 12 heteroatoms. The molecule has 0 aliphatic carbocycles. The zero-order chi connectivity index (χ0) is 23.0. The molecule has 0 saturated heterocycles. The minimum Gasteiger partial charge on any atom is -0.383 e. The fourth-order valence-electron chi connectivity index (χ4n) is 3.14. The maximum atomic E-state index is 13.1. The SMILES string of the molecule is Cc1ccc(NC(=O)c2c(N)n(NS(=O)(=O)c3ccccc3)c(=O)c3c(N)n[nH]c23)cc1. The number of nitrogens with two attached hydrogens (primary N) is 2. The quantitative estimate of drug-likeness (QED) is 0.303. The molecule has 164 valence electrons. The number of aromatic nitrogens is 3. The Balaban J connectivity index is 1.86. The minimum atomic E-state index is -4.20. The second kappa shape index (κ2) is 7.74. The van der Waals surface area contributed by atoms with E-state index < -0.39 is 27.3 Å². The number of anilines is 3. The lowest BCUT2D eigenvalue weighted by molar-refractivity contribution is 0.102. The highest BCUT2D eigenvalue weighted by atomic mass is 32.2. The third kappa shape index (κ3) is 3.63. The van der Waals surface area contributed by atoms with Gasteiger partial charge in [-0.05, 0) is 31.2 Å². The van der Waals surface area contributed by atoms with Gasteiger partial charge >= 0.3 is 0 Å². The van der Waals surface area contributed by atoms with Crippen molar-refractivity contribution in [3.8, 4) is 0 Å². The molecular formula is C20H19N7O4S. The summed E-state index contributed by atoms with van der Waals surface area (Å²) < 4.78 is 26.1. The van der Waals surface area contributed by atoms with Crippen LogP contribution in [-0.4, -0.2) is 29.2 Å². The maximum Gasteiger partial charge on any atom is 0.284 e. The van der Waals surface area contributed by atoms with Gasteiger partial charge in [0.1, 0.15) is 16.8 Å². The number of aromatic amines is 1. The first-order valence-electron chi connectivity index (χ1n) is 9.33. The average molecular weight is 453 g/mol. The molecular weight excluding hydrogens is 434 g/mol. The van der Waals surface area contributed by atoms with E-state index in [4.69, 9.17) is 11.5 Å². The monoisotopic (exact) mass is 453 g/mol. The highest BCUT2D eigenvalue weighted by molar-refractivity contribution is 7.92. The second-order valence-electron chi connectivity index (χ2n) is 6.99. The van der Waals surface area contributed by atoms with Crippen LogP contribution in [0.15, 0.2) is 64.3 Å². The van der Waals surface area contributed by atoms with Crippen molar-refractivity contribution in [1.29, 1.82) is 0 Å². The number of hydrogen-bond donors (Lipinski definition) is 5. The second-order valence-corrected chi connectivity index (χ2v) is 8.65. The molecule has 0 unspecified atom stereocenters. The molecule has 0 radical (unpaired) electrons. The molecule has 2 aromatic carbocycles. The number of carbonyl (C=O) groups excluding carboxylic acids is 1. The van der Waals surface area contributed by atoms with Gasteiger partial charge in [0, 0.05) is 5.69 Å². The van der Waals surface area contributed by atoms with Gasteiger partial charge < -0.3 is 16.8 Å². The Morgan fingerprint density at radius 2 is 1.72 bits per heavy atom. The van der Waals surface area contributed by atoms with Gasteiger partial charge in [0.15, 0.2) is 5.82 Å². The molecule has 4 aromatic rings. The third-order valence-corrected chi connectivity index (χ3v) is 6.08. The largest absolute Gasteiger partial charge is 0.383 e. The number of H-pyrrole nitrogens is 1. The van der Waals surface area contributed by atoms with Crippen LogP contribution < -0.4 is 27.2 Å². The summed E-state index contributed by atoms with van der Waals surface area (Å²) in [4.78, 5) is 28.1. The number of carbonyl (C=O) groups is 1. The molecule has 32 heavy (non-hydrogen) atoms. The molecule has 0 atom stereocenters. The number of rotatable bonds is 5. The number of nitrogen functional groups attached to an aromatic ring is 2. The summed E-state index contributed by atoms with van der Waals surface area (Å²) in [6, 6.07) is 14.4. The topological polar surface area (TPSA) is 178 Å². The van der Waals surface area contributed by atoms with E-state index in [9.17, 15) is 18.0 Å². The van der Waals surface area contributed by atoms with Gasteiger partial charge in [-0.2, -0.15) is 18.2 Å². The van der Waals surface area contributed by atoms with Gasteiger partial charge in [-0.1, -0.05) is 35.9 Å². The van der Waals surface area contributed by atoms with Gasteiger partial charge in [-0.25, -0.2) is 4.83 Å². The minimum absolute atomic E-state index is 0.00947. The van der Waals surface area contributed by atoms with E-state index in [1.165, 1.54) is 24.3 Å². The lowest BCUT2D eigenvalue weighted by Gasteiger charge is -2.16. The Bertz CT molecular complexity index is 1490. The van der Waals surface area contributed by atoms with Crippen molar-refractivity contribution in [3.63, 3.8) is 0 Å². The number of aryl methyl sites for hydroxylation is 1. The first kappa shape index (κ1) is 20.9. The molecule has 4 rings (SSSR count). The fourth-order valence-corrected chi connectivity index (χ4v) is 4.18. The van der Waals surface area contributed by atoms with Crippen LogP contribution in [0, 0.1) is 6.92 Å². The molecule has 0 fully saturated rings. The summed E-state index contributed by atoms with van der Waals surface area (Å²) in [7, 11) is -4.20. The standard InChI is InChI=1S/C20H19N7O4S/c1-11-7-9-12(10-8-11)23-19(28)15-16-14(17(21)25-24-16)20(29)27(18(15)22)26-32(30,31)13-5-3-2-4-6-13/h2-10,26H,22H2,1H3,(H,23,28)(H3,21,24,25). The number of sulfonamides is 1. The molecule has 7 N–H and O–H groups in total. The number of benzene rings is 2. The van der Waals surface area contributed by atoms with Crippen LogP contribution in [0.1, 0.15) is 15.9 Å². The van der Waals surface area contributed by atoms with Crippen LogP contribution in [0.4, 0.5) is 17.3 Å². The molecule has 0 saturated carbocycles. The van der Waals surface area contributed by atoms with Crippen LogP contribution >= 0.6 is 0 Å². The molecule has 0 bridgehead atoms. The van der Waals surface area contributed by atoms with Gasteiger partial charge in [-0.15, -0.1) is 0 Å². The van der Waals surface area contributed by atoms with Crippen molar-refractivity contribution >= 4 is 44.2 Å². The van der Waals surface area contributed by atoms with Gasteiger partial charge in [0.2, 0.25) is 0 Å². The predicted octanol–water partition coefficient (Wildman–Crippen LogP) is 1.38. The van der Waals surface area contributed by atoms with Gasteiger partial charge in [-0.3, -0.25) is 14.7 Å². The summed E-state index contributed by atoms with van der Waals surface area (Å²) >= 11 is 0. The van der Waals surface area contributed by atoms with Crippen LogP contribution in [0.2, 0.25) is 0 Å². The van der Waals surface area contributed by atoms with E-state index >= 15 is 0 Å². The molecule has 1 amide bonds. The fraction of sp³-hybridized carbons (Fsp3) is 0.0500. The van der Waals surface area contributed by atoms with Gasteiger partial charge in [0.05, 0.1) is 10.4 Å². The summed E-state index contributed by atoms with van der Waals surface area (Å²) in [6.07, 6.45) is 0. The first-order chi connectivity index (χ1) is 15.2. The highest BCUT2D eigenvalue weighted by Crippen LogP contribution is 2.24. The first-order valence-corrected chi connectivity index (χ1v) is 10.8. The Hall–Kier alpha value is -4.32. The maximum absolute atomic E-state index is 13.1. The number of fused-ring (bicyclic) bond motifs is 1. The summed E-state index contributed by atoms with van der Waals surface area (Å²) in [5.41, 5.74) is 12.3. The number of amides is 1. The van der Waals surface area contributed by atoms with E-state index in [1.54, 1.807) is 30.3 Å². The molecule has 2 heterocycles. The van der Waals surface area contributed by atoms with Crippen molar-refractivity contribution < 1.29 is 13.2 Å². The number of hydrogen-bond acceptors (Lipinski definition) is 7. The summed E-state index contributed by atoms with van der Waals surface area (Å²) in [6.45, 7) is 1.90. The Labute approximate surface area is 182 Å². The van der Waals surface area contributed by atoms with Crippen molar-refractivity contribution in [2.45, 2.75) is 11.8 Å². The normalized spacial score (nSPS) is 11.4. The lowest BCUT2D eigenvalue weighted by atomic mass is 10.1. The average Bonchev–Trinajstić information content (AvgIpc) is 3.14. The zero-order valence-electron chi connectivity index (χ0n) is 16.8. The third-order valence-electron chi connectivity index (χ3n) is 4.76. The Morgan fingerprint density at radius 3 is 2.38 bits per heavy atom. The van der Waals surface area contributed by atoms with Crippen LogP contribution in [-0.2, 0) is 10.0 Å². The van der Waals surface area contributed by atoms with Crippen molar-refractivity contribution in [1.82, 2.24) is 14.9 Å². The number of nitrogens with one attached hydrogen (secondary N) is 3. The molecule has 11 nitrogen and oxygen atoms in total. The van der Waals surface area contributed by atoms with Crippen molar-refractivity contribution in [2.24, 2.45) is 0 Å². The smallest absolute Gasteiger partial charge is 0.284 e. The van der Waals surface area contributed by atoms with E-state index in [1.807, 2.05) is 6.92 Å². The molecule has 0 aliphatic heterocycles. The predicted molar refractivity (Wildman–Crippen MR) is 121 cm³/mol. The highest BCUT2D eigenvalue weighted by Gasteiger charge is 2.26. The van der Waals surface area contributed by atoms with E-state index in [-0.39, 0.29) is 27.2 Å². The molecule has 0 spiro atoms. The number of pyridine rings is 1. The van der Waals surface area contributed by atoms with Crippen LogP contribution in [0.25, 0.3) is 10.9 Å². The Morgan fingerprint density at radius 1 is 1.06 bits per heavy atom. The van der Waals surface area contributed by atoms with Crippen molar-refractivity contribution in [3.05, 3.63) is 76.1 Å². The van der Waals surface area contributed by atoms with Crippen molar-refractivity contribution in [2.75, 3.05) is 21.6 Å². The zero-order valence-corrected chi connectivity index (χ0v) is 17.6. The van der Waals surface area contributed by atoms with E-state index in [0.717, 1.165) is 5.56 Å². The lowest BCUT2D eigenvalue weighted by Crippen LogP contribution is -2.36. The number of nitrogens with zero attached hydrogens (tertiary/aromatic N) is 2. The Kier molecular flexibility index (Phi) is 5.06. The summed E-state index contributed by atoms with van der Waals surface area (Å²) in [5, 5.41) is 8.80. The van der Waals surface area contributed by atoms with E-state index in [2.05, 4.69) is 20.3 Å². The van der Waals surface area contributed by atoms with E-state index in [0.29, 0.717) is 10.4 Å². The molecule has 0 aliphatic rings. The van der Waals surface area contributed by atoms with Gasteiger partial charge in [0.25, 0.3) is 21.5 Å². The van der Waals surface area contributed by atoms with Crippen LogP contribution in [0.3, 0.4) is 0 Å².